The van der Waals surface area contributed by atoms with Crippen LogP contribution in [0.1, 0.15) is 0 Å². The van der Waals surface area contributed by atoms with E-state index >= 15 is 0 Å². The lowest BCUT2D eigenvalue weighted by Crippen LogP contribution is -2.04. The molecule has 4 N–H and O–H groups in total. The molecule has 0 fully saturated rings. The highest BCUT2D eigenvalue weighted by Gasteiger charge is 1.82. The molecule has 0 unspecified atom stereocenters. The standard InChI is InChI=1S/C3H6N2.H3N.N/c1-2-5-3-4-1;;/h3H,1-2H2,(H,4,5);1H3;. The second-order valence-corrected chi connectivity index (χ2v) is 0.989. The summed E-state index contributed by atoms with van der Waals surface area (Å²) in [6, 6.07) is 0. The lowest BCUT2D eigenvalue weighted by Gasteiger charge is -1.75. The molecule has 4 nitrogen and oxygen atoms in total. The van der Waals surface area contributed by atoms with E-state index in [0.717, 1.165) is 13.1 Å². The van der Waals surface area contributed by atoms with Crippen molar-refractivity contribution >= 4 is 6.34 Å². The number of aliphatic imine (C=N–C) groups is 1. The molecule has 1 rings (SSSR count). The molecule has 1 heterocycles. The van der Waals surface area contributed by atoms with Crippen molar-refractivity contribution in [2.45, 2.75) is 0 Å². The average molecular weight is 101 g/mol. The van der Waals surface area contributed by atoms with Crippen LogP contribution in [-0.4, -0.2) is 19.4 Å². The van der Waals surface area contributed by atoms with Gasteiger partial charge in [0.1, 0.15) is 0 Å². The van der Waals surface area contributed by atoms with Gasteiger partial charge in [0.2, 0.25) is 0 Å². The fourth-order valence-electron chi connectivity index (χ4n) is 0.323. The zero-order valence-corrected chi connectivity index (χ0v) is 4.09. The Labute approximate surface area is 43.2 Å². The second-order valence-electron chi connectivity index (χ2n) is 0.989. The van der Waals surface area contributed by atoms with Crippen LogP contribution < -0.4 is 17.6 Å². The first-order chi connectivity index (χ1) is 2.50. The molecule has 3 radical (unpaired) electrons. The van der Waals surface area contributed by atoms with Crippen LogP contribution >= 0.6 is 0 Å². The number of nitrogens with one attached hydrogen (secondary N) is 1. The van der Waals surface area contributed by atoms with Gasteiger partial charge in [-0.3, -0.25) is 4.99 Å². The fourth-order valence-corrected chi connectivity index (χ4v) is 0.323. The van der Waals surface area contributed by atoms with Crippen molar-refractivity contribution < 1.29 is 0 Å². The summed E-state index contributed by atoms with van der Waals surface area (Å²) in [4.78, 5) is 3.85. The number of hydrogen-bond donors (Lipinski definition) is 2. The van der Waals surface area contributed by atoms with Gasteiger partial charge < -0.3 is 11.5 Å². The van der Waals surface area contributed by atoms with E-state index in [1.165, 1.54) is 0 Å². The molecule has 0 saturated carbocycles. The van der Waals surface area contributed by atoms with E-state index in [2.05, 4.69) is 10.3 Å². The third-order valence-corrected chi connectivity index (χ3v) is 0.568. The Kier molecular flexibility index (Phi) is 7.42. The van der Waals surface area contributed by atoms with Crippen LogP contribution in [0.5, 0.6) is 0 Å². The maximum Gasteiger partial charge on any atom is 0.0825 e. The zero-order chi connectivity index (χ0) is 3.54. The molecular weight excluding hydrogens is 92.1 g/mol. The summed E-state index contributed by atoms with van der Waals surface area (Å²) < 4.78 is 0. The third-order valence-electron chi connectivity index (χ3n) is 0.568. The topological polar surface area (TPSA) is 89.9 Å². The summed E-state index contributed by atoms with van der Waals surface area (Å²) in [7, 11) is 0. The molecule has 0 aliphatic carbocycles. The van der Waals surface area contributed by atoms with E-state index in [4.69, 9.17) is 0 Å². The summed E-state index contributed by atoms with van der Waals surface area (Å²) in [5.41, 5.74) is 0. The Morgan fingerprint density at radius 2 is 2.29 bits per heavy atom. The molecular formula is C3H9N4. The van der Waals surface area contributed by atoms with Crippen molar-refractivity contribution in [2.75, 3.05) is 13.1 Å². The van der Waals surface area contributed by atoms with Gasteiger partial charge in [-0.2, -0.15) is 0 Å². The Morgan fingerprint density at radius 1 is 1.57 bits per heavy atom. The van der Waals surface area contributed by atoms with Crippen LogP contribution in [0.3, 0.4) is 0 Å². The maximum absolute atomic E-state index is 3.85. The summed E-state index contributed by atoms with van der Waals surface area (Å²) in [5.74, 6) is 0. The van der Waals surface area contributed by atoms with Gasteiger partial charge in [-0.25, -0.2) is 0 Å². The van der Waals surface area contributed by atoms with Gasteiger partial charge in [-0.1, -0.05) is 0 Å². The van der Waals surface area contributed by atoms with Crippen molar-refractivity contribution in [3.8, 4) is 0 Å². The van der Waals surface area contributed by atoms with Crippen molar-refractivity contribution in [1.29, 1.82) is 0 Å². The normalized spacial score (nSPS) is 13.7. The van der Waals surface area contributed by atoms with Crippen molar-refractivity contribution in [3.05, 3.63) is 0 Å². The number of nitrogens with zero attached hydrogens (tertiary/aromatic N) is 2. The lowest BCUT2D eigenvalue weighted by molar-refractivity contribution is 0.965. The largest absolute Gasteiger partial charge is 0.375 e. The van der Waals surface area contributed by atoms with E-state index in [1.54, 1.807) is 6.34 Å². The van der Waals surface area contributed by atoms with Crippen LogP contribution in [0.15, 0.2) is 4.99 Å². The molecule has 0 atom stereocenters. The van der Waals surface area contributed by atoms with E-state index in [-0.39, 0.29) is 12.3 Å². The molecule has 7 heavy (non-hydrogen) atoms. The third kappa shape index (κ3) is 3.21. The van der Waals surface area contributed by atoms with Crippen LogP contribution in [0.2, 0.25) is 0 Å². The smallest absolute Gasteiger partial charge is 0.0825 e. The highest BCUT2D eigenvalue weighted by Crippen LogP contribution is 1.68. The van der Waals surface area contributed by atoms with Gasteiger partial charge in [0, 0.05) is 12.7 Å². The summed E-state index contributed by atoms with van der Waals surface area (Å²) >= 11 is 0. The SMILES string of the molecule is C1=NCCN1.N.[N]. The fraction of sp³-hybridized carbons (Fsp3) is 0.667. The van der Waals surface area contributed by atoms with Gasteiger partial charge in [-0.05, 0) is 0 Å². The van der Waals surface area contributed by atoms with E-state index in [0.29, 0.717) is 0 Å². The van der Waals surface area contributed by atoms with E-state index < -0.39 is 0 Å². The van der Waals surface area contributed by atoms with E-state index in [9.17, 15) is 0 Å². The molecule has 1 aliphatic rings. The summed E-state index contributed by atoms with van der Waals surface area (Å²) in [6.07, 6.45) is 1.74. The van der Waals surface area contributed by atoms with Crippen molar-refractivity contribution in [2.24, 2.45) is 4.99 Å². The average Bonchev–Trinajstić information content (AvgIpc) is 1.76. The van der Waals surface area contributed by atoms with Gasteiger partial charge in [0.15, 0.2) is 0 Å². The van der Waals surface area contributed by atoms with E-state index in [1.807, 2.05) is 0 Å². The highest BCUT2D eigenvalue weighted by molar-refractivity contribution is 5.56. The van der Waals surface area contributed by atoms with Crippen molar-refractivity contribution in [1.82, 2.24) is 17.6 Å². The molecule has 1 aliphatic heterocycles. The minimum atomic E-state index is 0. The lowest BCUT2D eigenvalue weighted by atomic mass is 10.7. The molecule has 0 spiro atoms. The molecule has 0 aromatic carbocycles. The van der Waals surface area contributed by atoms with Crippen LogP contribution in [0.4, 0.5) is 0 Å². The minimum absolute atomic E-state index is 0. The van der Waals surface area contributed by atoms with Crippen LogP contribution in [0, 0.1) is 0 Å². The highest BCUT2D eigenvalue weighted by atomic mass is 15.0. The minimum Gasteiger partial charge on any atom is -0.375 e. The molecule has 0 aromatic heterocycles. The zero-order valence-electron chi connectivity index (χ0n) is 4.09. The Bertz CT molecular complexity index is 44.9. The van der Waals surface area contributed by atoms with Gasteiger partial charge in [0.25, 0.3) is 0 Å². The predicted molar refractivity (Wildman–Crippen MR) is 28.5 cm³/mol. The molecule has 0 bridgehead atoms. The first-order valence-corrected chi connectivity index (χ1v) is 1.72. The Morgan fingerprint density at radius 3 is 2.43 bits per heavy atom. The maximum atomic E-state index is 3.85. The summed E-state index contributed by atoms with van der Waals surface area (Å²) in [6.45, 7) is 1.99. The quantitative estimate of drug-likeness (QED) is 0.422. The van der Waals surface area contributed by atoms with Gasteiger partial charge in [0.05, 0.1) is 12.9 Å². The predicted octanol–water partition coefficient (Wildman–Crippen LogP) is -0.701. The van der Waals surface area contributed by atoms with Crippen LogP contribution in [0.25, 0.3) is 0 Å². The van der Waals surface area contributed by atoms with Gasteiger partial charge >= 0.3 is 0 Å². The second kappa shape index (κ2) is 5.39. The number of rotatable bonds is 0. The monoisotopic (exact) mass is 101 g/mol. The molecule has 0 aromatic rings. The first kappa shape index (κ1) is 9.63. The first-order valence-electron chi connectivity index (χ1n) is 1.72. The molecule has 4 heteroatoms. The van der Waals surface area contributed by atoms with Crippen LogP contribution in [-0.2, 0) is 0 Å². The Hall–Kier alpha value is -0.610. The molecule has 0 saturated heterocycles. The molecule has 41 valence electrons. The summed E-state index contributed by atoms with van der Waals surface area (Å²) in [5, 5.41) is 2.93. The van der Waals surface area contributed by atoms with Crippen molar-refractivity contribution in [3.63, 3.8) is 0 Å². The Balaban J connectivity index is 0. The van der Waals surface area contributed by atoms with Gasteiger partial charge in [-0.15, -0.1) is 0 Å². The number of hydrogen-bond acceptors (Lipinski definition) is 3. The molecule has 0 amide bonds.